The summed E-state index contributed by atoms with van der Waals surface area (Å²) in [6, 6.07) is 20.9. The second-order valence-electron chi connectivity index (χ2n) is 13.5. The van der Waals surface area contributed by atoms with Crippen LogP contribution in [0.1, 0.15) is 32.7 Å². The Balaban J connectivity index is 1.12. The molecule has 4 aromatic rings. The molecule has 1 amide bonds. The Morgan fingerprint density at radius 1 is 1.00 bits per heavy atom. The Hall–Kier alpha value is -4.96. The van der Waals surface area contributed by atoms with Crippen molar-refractivity contribution in [1.29, 1.82) is 5.26 Å². The molecule has 3 fully saturated rings. The summed E-state index contributed by atoms with van der Waals surface area (Å²) >= 11 is 0. The summed E-state index contributed by atoms with van der Waals surface area (Å²) in [5.74, 6) is 1.28. The van der Waals surface area contributed by atoms with Gasteiger partial charge in [0.15, 0.2) is 0 Å². The van der Waals surface area contributed by atoms with Crippen molar-refractivity contribution in [2.24, 2.45) is 0 Å². The molecule has 1 atom stereocenters. The predicted molar refractivity (Wildman–Crippen MR) is 187 cm³/mol. The van der Waals surface area contributed by atoms with Crippen LogP contribution in [0.2, 0.25) is 0 Å². The number of rotatable bonds is 8. The lowest BCUT2D eigenvalue weighted by atomic mass is 9.96. The number of hydrogen-bond donors (Lipinski definition) is 1. The van der Waals surface area contributed by atoms with Crippen molar-refractivity contribution in [1.82, 2.24) is 28.8 Å². The third kappa shape index (κ3) is 6.45. The Morgan fingerprint density at radius 2 is 1.71 bits per heavy atom. The van der Waals surface area contributed by atoms with Crippen molar-refractivity contribution >= 4 is 22.8 Å². The summed E-state index contributed by atoms with van der Waals surface area (Å²) < 4.78 is 14.6. The number of likely N-dealkylation sites (tertiary alicyclic amines) is 1. The maximum Gasteiger partial charge on any atom is 0.334 e. The van der Waals surface area contributed by atoms with Crippen LogP contribution in [0.25, 0.3) is 16.7 Å². The molecule has 49 heavy (non-hydrogen) atoms. The molecular formula is C37H42N8O4. The standard InChI is InChI=1S/C37H42N8O4/c1-37(2,43-19-17-41(18-20-43)29-24-48-25-29)21-26(22-38)35(46)42-16-6-7-28(23-42)44-32-14-15-40-34(39)33(32)45(36(44)47)27-10-12-31(13-11-27)49-30-8-4-3-5-9-30/h3-5,8-15,21,28-29H,6-7,16-20,23-25H2,1-2H3,(H2,39,40). The van der Waals surface area contributed by atoms with Crippen molar-refractivity contribution in [3.8, 4) is 23.3 Å². The number of ether oxygens (including phenoxy) is 2. The van der Waals surface area contributed by atoms with Crippen LogP contribution in [0, 0.1) is 11.3 Å². The van der Waals surface area contributed by atoms with Gasteiger partial charge in [-0.05, 0) is 75.2 Å². The van der Waals surface area contributed by atoms with Gasteiger partial charge >= 0.3 is 5.69 Å². The van der Waals surface area contributed by atoms with Crippen LogP contribution in [-0.4, -0.2) is 98.8 Å². The first-order valence-electron chi connectivity index (χ1n) is 16.9. The van der Waals surface area contributed by atoms with E-state index in [0.29, 0.717) is 60.2 Å². The van der Waals surface area contributed by atoms with Gasteiger partial charge in [0, 0.05) is 51.0 Å². The molecule has 0 saturated carbocycles. The van der Waals surface area contributed by atoms with Gasteiger partial charge in [0.25, 0.3) is 5.91 Å². The zero-order chi connectivity index (χ0) is 34.1. The molecule has 2 aromatic carbocycles. The average Bonchev–Trinajstić information content (AvgIpc) is 3.40. The molecule has 12 nitrogen and oxygen atoms in total. The number of benzene rings is 2. The number of anilines is 1. The Kier molecular flexibility index (Phi) is 8.98. The number of hydrogen-bond acceptors (Lipinski definition) is 9. The molecule has 1 unspecified atom stereocenters. The molecule has 3 saturated heterocycles. The zero-order valence-corrected chi connectivity index (χ0v) is 28.0. The van der Waals surface area contributed by atoms with Crippen molar-refractivity contribution in [2.75, 3.05) is 58.2 Å². The van der Waals surface area contributed by atoms with Crippen LogP contribution in [-0.2, 0) is 9.53 Å². The monoisotopic (exact) mass is 662 g/mol. The van der Waals surface area contributed by atoms with E-state index in [1.54, 1.807) is 26.3 Å². The molecule has 12 heteroatoms. The van der Waals surface area contributed by atoms with Crippen LogP contribution >= 0.6 is 0 Å². The Morgan fingerprint density at radius 3 is 2.39 bits per heavy atom. The second-order valence-corrected chi connectivity index (χ2v) is 13.5. The lowest BCUT2D eigenvalue weighted by Crippen LogP contribution is -2.59. The number of nitrogens with zero attached hydrogens (tertiary/aromatic N) is 7. The number of piperazine rings is 1. The number of carbonyl (C=O) groups is 1. The summed E-state index contributed by atoms with van der Waals surface area (Å²) in [6.07, 6.45) is 4.80. The minimum absolute atomic E-state index is 0.126. The Bertz CT molecular complexity index is 1950. The Labute approximate surface area is 285 Å². The van der Waals surface area contributed by atoms with Crippen molar-refractivity contribution in [3.05, 3.63) is 89.0 Å². The van der Waals surface area contributed by atoms with Crippen LogP contribution in [0.4, 0.5) is 5.82 Å². The van der Waals surface area contributed by atoms with Crippen LogP contribution in [0.15, 0.2) is 83.3 Å². The van der Waals surface area contributed by atoms with E-state index in [2.05, 4.69) is 34.7 Å². The van der Waals surface area contributed by atoms with Gasteiger partial charge in [-0.3, -0.25) is 23.7 Å². The van der Waals surface area contributed by atoms with Gasteiger partial charge in [-0.15, -0.1) is 0 Å². The average molecular weight is 663 g/mol. The van der Waals surface area contributed by atoms with Crippen molar-refractivity contribution in [3.63, 3.8) is 0 Å². The summed E-state index contributed by atoms with van der Waals surface area (Å²) in [7, 11) is 0. The number of imidazole rings is 1. The van der Waals surface area contributed by atoms with Gasteiger partial charge in [0.2, 0.25) is 0 Å². The van der Waals surface area contributed by atoms with Gasteiger partial charge in [-0.1, -0.05) is 18.2 Å². The highest BCUT2D eigenvalue weighted by molar-refractivity contribution is 5.97. The first-order valence-corrected chi connectivity index (χ1v) is 16.9. The van der Waals surface area contributed by atoms with E-state index in [1.165, 1.54) is 0 Å². The SMILES string of the molecule is CC(C)(C=C(C#N)C(=O)N1CCCC(n2c(=O)n(-c3ccc(Oc4ccccc4)cc3)c3c(N)nccc32)C1)N1CCN(C2COC2)CC1. The fourth-order valence-corrected chi connectivity index (χ4v) is 7.27. The lowest BCUT2D eigenvalue weighted by Gasteiger charge is -2.46. The number of nitriles is 1. The molecule has 254 valence electrons. The lowest BCUT2D eigenvalue weighted by molar-refractivity contribution is -0.128. The number of aromatic nitrogens is 3. The zero-order valence-electron chi connectivity index (χ0n) is 28.0. The van der Waals surface area contributed by atoms with Gasteiger partial charge in [0.05, 0.1) is 36.5 Å². The number of carbonyl (C=O) groups excluding carboxylic acids is 1. The molecule has 0 radical (unpaired) electrons. The smallest absolute Gasteiger partial charge is 0.334 e. The molecule has 2 aromatic heterocycles. The molecule has 7 rings (SSSR count). The summed E-state index contributed by atoms with van der Waals surface area (Å²) in [6.45, 7) is 10.1. The first kappa shape index (κ1) is 32.6. The van der Waals surface area contributed by atoms with Crippen LogP contribution < -0.4 is 16.2 Å². The third-order valence-corrected chi connectivity index (χ3v) is 10.0. The normalized spacial score (nSPS) is 19.8. The fourth-order valence-electron chi connectivity index (χ4n) is 7.27. The van der Waals surface area contributed by atoms with Crippen molar-refractivity contribution in [2.45, 2.75) is 44.3 Å². The van der Waals surface area contributed by atoms with E-state index in [4.69, 9.17) is 15.2 Å². The number of pyridine rings is 1. The third-order valence-electron chi connectivity index (χ3n) is 10.0. The quantitative estimate of drug-likeness (QED) is 0.220. The highest BCUT2D eigenvalue weighted by Gasteiger charge is 2.35. The highest BCUT2D eigenvalue weighted by atomic mass is 16.5. The van der Waals surface area contributed by atoms with E-state index in [9.17, 15) is 14.9 Å². The fraction of sp³-hybridized carbons (Fsp3) is 0.405. The summed E-state index contributed by atoms with van der Waals surface area (Å²) in [5, 5.41) is 10.2. The molecule has 0 bridgehead atoms. The predicted octanol–water partition coefficient (Wildman–Crippen LogP) is 3.97. The topological polar surface area (TPSA) is 135 Å². The van der Waals surface area contributed by atoms with E-state index in [0.717, 1.165) is 39.4 Å². The molecule has 3 aliphatic rings. The van der Waals surface area contributed by atoms with Gasteiger partial charge < -0.3 is 20.1 Å². The molecule has 0 aliphatic carbocycles. The van der Waals surface area contributed by atoms with Crippen LogP contribution in [0.5, 0.6) is 11.5 Å². The van der Waals surface area contributed by atoms with E-state index in [-0.39, 0.29) is 29.0 Å². The summed E-state index contributed by atoms with van der Waals surface area (Å²) in [5.41, 5.74) is 7.55. The second kappa shape index (κ2) is 13.5. The molecule has 5 heterocycles. The van der Waals surface area contributed by atoms with Gasteiger partial charge in [0.1, 0.15) is 34.5 Å². The highest BCUT2D eigenvalue weighted by Crippen LogP contribution is 2.31. The molecule has 0 spiro atoms. The maximum absolute atomic E-state index is 14.3. The van der Waals surface area contributed by atoms with E-state index < -0.39 is 5.54 Å². The van der Waals surface area contributed by atoms with Crippen molar-refractivity contribution < 1.29 is 14.3 Å². The number of amides is 1. The molecule has 2 N–H and O–H groups in total. The van der Waals surface area contributed by atoms with E-state index in [1.807, 2.05) is 60.7 Å². The number of piperidine rings is 1. The first-order chi connectivity index (χ1) is 23.7. The summed E-state index contributed by atoms with van der Waals surface area (Å²) in [4.78, 5) is 39.0. The van der Waals surface area contributed by atoms with Gasteiger partial charge in [-0.2, -0.15) is 5.26 Å². The maximum atomic E-state index is 14.3. The molecule has 3 aliphatic heterocycles. The number of nitrogens with two attached hydrogens (primary N) is 1. The van der Waals surface area contributed by atoms with E-state index >= 15 is 0 Å². The number of nitrogen functional groups attached to an aromatic ring is 1. The van der Waals surface area contributed by atoms with Gasteiger partial charge in [-0.25, -0.2) is 9.78 Å². The number of fused-ring (bicyclic) bond motifs is 1. The largest absolute Gasteiger partial charge is 0.457 e. The molecular weight excluding hydrogens is 620 g/mol. The minimum Gasteiger partial charge on any atom is -0.457 e. The number of para-hydroxylation sites is 1. The van der Waals surface area contributed by atoms with Crippen LogP contribution in [0.3, 0.4) is 0 Å². The minimum atomic E-state index is -0.477.